The van der Waals surface area contributed by atoms with Crippen LogP contribution in [0.2, 0.25) is 0 Å². The predicted octanol–water partition coefficient (Wildman–Crippen LogP) is 3.10. The Bertz CT molecular complexity index is 1350. The predicted molar refractivity (Wildman–Crippen MR) is 131 cm³/mol. The maximum atomic E-state index is 14.5. The third-order valence-electron chi connectivity index (χ3n) is 5.30. The minimum absolute atomic E-state index is 0.0391. The smallest absolute Gasteiger partial charge is 0.378 e. The molecule has 37 heavy (non-hydrogen) atoms. The molecule has 0 bridgehead atoms. The fourth-order valence-corrected chi connectivity index (χ4v) is 4.15. The molecule has 0 radical (unpaired) electrons. The van der Waals surface area contributed by atoms with E-state index < -0.39 is 33.6 Å². The van der Waals surface area contributed by atoms with E-state index in [9.17, 15) is 30.8 Å². The number of hydrogen-bond acceptors (Lipinski definition) is 6. The topological polar surface area (TPSA) is 91.8 Å². The summed E-state index contributed by atoms with van der Waals surface area (Å²) in [6, 6.07) is 4.51. The first-order valence-electron chi connectivity index (χ1n) is 10.9. The Morgan fingerprint density at radius 1 is 1.30 bits per heavy atom. The lowest BCUT2D eigenvalue weighted by Crippen LogP contribution is -2.37. The molecule has 2 heterocycles. The monoisotopic (exact) mass is 540 g/mol. The summed E-state index contributed by atoms with van der Waals surface area (Å²) in [4.78, 5) is 19.4. The standard InChI is InChI=1S/C24H24F4N4O4S/c1-4-17-13-16(14-19(25)22(17)30-37(3,34)35)15-31(2)21(33)8-6-18-5-7-20(24(26,27)28)29-23(18)32-9-11-36-12-10-32/h1,5-8,13-14,30H,9-12,15H2,2-3H3/b8-6+. The molecule has 1 amide bonds. The molecule has 0 unspecified atom stereocenters. The van der Waals surface area contributed by atoms with Gasteiger partial charge in [-0.05, 0) is 35.9 Å². The van der Waals surface area contributed by atoms with Gasteiger partial charge in [-0.3, -0.25) is 9.52 Å². The highest BCUT2D eigenvalue weighted by Crippen LogP contribution is 2.31. The second-order valence-electron chi connectivity index (χ2n) is 8.25. The van der Waals surface area contributed by atoms with E-state index in [1.54, 1.807) is 4.90 Å². The normalized spacial score (nSPS) is 14.5. The van der Waals surface area contributed by atoms with E-state index in [-0.39, 0.29) is 23.6 Å². The van der Waals surface area contributed by atoms with Crippen LogP contribution < -0.4 is 9.62 Å². The van der Waals surface area contributed by atoms with Crippen molar-refractivity contribution in [3.63, 3.8) is 0 Å². The maximum absolute atomic E-state index is 14.5. The number of amides is 1. The Morgan fingerprint density at radius 2 is 1.97 bits per heavy atom. The number of halogens is 4. The largest absolute Gasteiger partial charge is 0.433 e. The molecule has 0 saturated carbocycles. The fourth-order valence-electron chi connectivity index (χ4n) is 3.57. The second kappa shape index (κ2) is 11.2. The number of nitrogens with one attached hydrogen (secondary N) is 1. The third kappa shape index (κ3) is 7.43. The summed E-state index contributed by atoms with van der Waals surface area (Å²) >= 11 is 0. The molecule has 1 aliphatic rings. The van der Waals surface area contributed by atoms with Crippen molar-refractivity contribution in [1.29, 1.82) is 0 Å². The number of rotatable bonds is 7. The van der Waals surface area contributed by atoms with Crippen LogP contribution in [0, 0.1) is 18.2 Å². The number of carbonyl (C=O) groups is 1. The summed E-state index contributed by atoms with van der Waals surface area (Å²) in [6.07, 6.45) is 4.16. The SMILES string of the molecule is C#Cc1cc(CN(C)C(=O)/C=C/c2ccc(C(F)(F)F)nc2N2CCOCC2)cc(F)c1NS(C)(=O)=O. The molecule has 1 aromatic heterocycles. The lowest BCUT2D eigenvalue weighted by atomic mass is 10.1. The van der Waals surface area contributed by atoms with Crippen molar-refractivity contribution in [2.45, 2.75) is 12.7 Å². The Kier molecular flexibility index (Phi) is 8.45. The number of benzene rings is 1. The highest BCUT2D eigenvalue weighted by molar-refractivity contribution is 7.92. The van der Waals surface area contributed by atoms with Crippen LogP contribution in [-0.2, 0) is 32.3 Å². The molecule has 1 N–H and O–H groups in total. The number of likely N-dealkylation sites (N-methyl/N-ethyl adjacent to an activating group) is 1. The van der Waals surface area contributed by atoms with Crippen molar-refractivity contribution < 1.29 is 35.5 Å². The van der Waals surface area contributed by atoms with Gasteiger partial charge in [0.2, 0.25) is 15.9 Å². The van der Waals surface area contributed by atoms with Crippen LogP contribution in [0.1, 0.15) is 22.4 Å². The average Bonchev–Trinajstić information content (AvgIpc) is 2.83. The quantitative estimate of drug-likeness (QED) is 0.330. The van der Waals surface area contributed by atoms with Crippen molar-refractivity contribution >= 4 is 33.5 Å². The third-order valence-corrected chi connectivity index (χ3v) is 5.88. The molecule has 13 heteroatoms. The zero-order valence-electron chi connectivity index (χ0n) is 20.0. The fraction of sp³-hybridized carbons (Fsp3) is 0.333. The Labute approximate surface area is 212 Å². The summed E-state index contributed by atoms with van der Waals surface area (Å²) < 4.78 is 84.5. The van der Waals surface area contributed by atoms with E-state index in [0.717, 1.165) is 18.4 Å². The highest BCUT2D eigenvalue weighted by Gasteiger charge is 2.33. The van der Waals surface area contributed by atoms with Crippen molar-refractivity contribution in [2.75, 3.05) is 49.2 Å². The summed E-state index contributed by atoms with van der Waals surface area (Å²) in [6.45, 7) is 1.27. The van der Waals surface area contributed by atoms with E-state index in [1.165, 1.54) is 36.2 Å². The van der Waals surface area contributed by atoms with Gasteiger partial charge in [0, 0.05) is 38.3 Å². The Morgan fingerprint density at radius 3 is 2.57 bits per heavy atom. The molecule has 3 rings (SSSR count). The van der Waals surface area contributed by atoms with Crippen LogP contribution in [0.5, 0.6) is 0 Å². The molecule has 2 aromatic rings. The zero-order chi connectivity index (χ0) is 27.4. The van der Waals surface area contributed by atoms with Gasteiger partial charge >= 0.3 is 6.18 Å². The number of morpholine rings is 1. The van der Waals surface area contributed by atoms with Gasteiger partial charge in [0.25, 0.3) is 0 Å². The number of carbonyl (C=O) groups excluding carboxylic acids is 1. The van der Waals surface area contributed by atoms with Gasteiger partial charge in [0.15, 0.2) is 0 Å². The molecular weight excluding hydrogens is 516 g/mol. The molecular formula is C24H24F4N4O4S. The van der Waals surface area contributed by atoms with E-state index >= 15 is 0 Å². The molecule has 1 fully saturated rings. The van der Waals surface area contributed by atoms with Crippen LogP contribution in [0.15, 0.2) is 30.3 Å². The first-order valence-corrected chi connectivity index (χ1v) is 12.8. The molecule has 8 nitrogen and oxygen atoms in total. The summed E-state index contributed by atoms with van der Waals surface area (Å²) in [5.74, 6) is 0.875. The summed E-state index contributed by atoms with van der Waals surface area (Å²) in [7, 11) is -2.33. The minimum atomic E-state index is -4.63. The van der Waals surface area contributed by atoms with Gasteiger partial charge in [-0.2, -0.15) is 13.2 Å². The van der Waals surface area contributed by atoms with Crippen molar-refractivity contribution in [1.82, 2.24) is 9.88 Å². The molecule has 0 aliphatic carbocycles. The van der Waals surface area contributed by atoms with Gasteiger partial charge in [0.05, 0.1) is 30.7 Å². The van der Waals surface area contributed by atoms with Gasteiger partial charge < -0.3 is 14.5 Å². The number of aromatic nitrogens is 1. The second-order valence-corrected chi connectivity index (χ2v) is 10.0. The van der Waals surface area contributed by atoms with E-state index in [2.05, 4.69) is 10.9 Å². The van der Waals surface area contributed by atoms with Gasteiger partial charge in [-0.15, -0.1) is 6.42 Å². The Hall–Kier alpha value is -3.63. The van der Waals surface area contributed by atoms with Crippen LogP contribution >= 0.6 is 0 Å². The lowest BCUT2D eigenvalue weighted by Gasteiger charge is -2.29. The van der Waals surface area contributed by atoms with E-state index in [0.29, 0.717) is 37.4 Å². The van der Waals surface area contributed by atoms with Crippen LogP contribution in [0.4, 0.5) is 29.1 Å². The first-order chi connectivity index (χ1) is 17.3. The summed E-state index contributed by atoms with van der Waals surface area (Å²) in [5, 5.41) is 0. The van der Waals surface area contributed by atoms with Gasteiger partial charge in [-0.1, -0.05) is 5.92 Å². The lowest BCUT2D eigenvalue weighted by molar-refractivity contribution is -0.141. The number of terminal acetylenes is 1. The van der Waals surface area contributed by atoms with Gasteiger partial charge in [-0.25, -0.2) is 17.8 Å². The summed E-state index contributed by atoms with van der Waals surface area (Å²) in [5.41, 5.74) is -0.835. The van der Waals surface area contributed by atoms with Crippen molar-refractivity contribution in [2.24, 2.45) is 0 Å². The Balaban J connectivity index is 1.81. The number of nitrogens with zero attached hydrogens (tertiary/aromatic N) is 3. The molecule has 1 saturated heterocycles. The number of alkyl halides is 3. The average molecular weight is 541 g/mol. The number of anilines is 2. The van der Waals surface area contributed by atoms with Crippen molar-refractivity contribution in [3.05, 3.63) is 58.5 Å². The highest BCUT2D eigenvalue weighted by atomic mass is 32.2. The maximum Gasteiger partial charge on any atom is 0.433 e. The van der Waals surface area contributed by atoms with E-state index in [1.807, 2.05) is 4.72 Å². The van der Waals surface area contributed by atoms with Crippen LogP contribution in [0.3, 0.4) is 0 Å². The minimum Gasteiger partial charge on any atom is -0.378 e. The van der Waals surface area contributed by atoms with Crippen molar-refractivity contribution in [3.8, 4) is 12.3 Å². The molecule has 1 aliphatic heterocycles. The molecule has 0 atom stereocenters. The van der Waals surface area contributed by atoms with Crippen LogP contribution in [-0.4, -0.2) is 63.8 Å². The number of hydrogen-bond donors (Lipinski definition) is 1. The molecule has 0 spiro atoms. The molecule has 198 valence electrons. The number of ether oxygens (including phenoxy) is 1. The van der Waals surface area contributed by atoms with E-state index in [4.69, 9.17) is 11.2 Å². The van der Waals surface area contributed by atoms with Crippen LogP contribution in [0.25, 0.3) is 6.08 Å². The number of sulfonamides is 1. The molecule has 1 aromatic carbocycles. The first kappa shape index (κ1) is 27.9. The number of pyridine rings is 1. The zero-order valence-corrected chi connectivity index (χ0v) is 20.8. The van der Waals surface area contributed by atoms with Gasteiger partial charge in [0.1, 0.15) is 17.3 Å².